The summed E-state index contributed by atoms with van der Waals surface area (Å²) in [4.78, 5) is 18.4. The number of hydrogen-bond donors (Lipinski definition) is 2. The standard InChI is InChI=1S/C14H21N3O3/c1-3-15-14(19)12-9-20-8-7-17(12)13-11(10(2)18)5-4-6-16-13/h4-6,10,12,18H,3,7-9H2,1-2H3,(H,15,19)/t10-,12?/m0/s1. The highest BCUT2D eigenvalue weighted by Gasteiger charge is 2.31. The first kappa shape index (κ1) is 14.7. The van der Waals surface area contributed by atoms with Crippen LogP contribution in [-0.2, 0) is 9.53 Å². The van der Waals surface area contributed by atoms with Crippen LogP contribution in [0.5, 0.6) is 0 Å². The van der Waals surface area contributed by atoms with Gasteiger partial charge in [-0.3, -0.25) is 4.79 Å². The molecule has 0 aliphatic carbocycles. The smallest absolute Gasteiger partial charge is 0.245 e. The number of aliphatic hydroxyl groups is 1. The van der Waals surface area contributed by atoms with Gasteiger partial charge in [0.2, 0.25) is 5.91 Å². The van der Waals surface area contributed by atoms with Crippen LogP contribution in [-0.4, -0.2) is 48.3 Å². The Morgan fingerprint density at radius 2 is 2.50 bits per heavy atom. The zero-order valence-corrected chi connectivity index (χ0v) is 11.9. The topological polar surface area (TPSA) is 74.7 Å². The second-order valence-corrected chi connectivity index (χ2v) is 4.77. The number of likely N-dealkylation sites (N-methyl/N-ethyl adjacent to an activating group) is 1. The summed E-state index contributed by atoms with van der Waals surface area (Å²) in [5.41, 5.74) is 0.726. The Bertz CT molecular complexity index is 465. The predicted octanol–water partition coefficient (Wildman–Crippen LogP) is 0.476. The Labute approximate surface area is 118 Å². The van der Waals surface area contributed by atoms with Crippen LogP contribution in [0.3, 0.4) is 0 Å². The molecule has 1 unspecified atom stereocenters. The minimum atomic E-state index is -0.628. The van der Waals surface area contributed by atoms with Gasteiger partial charge in [0, 0.05) is 24.8 Å². The summed E-state index contributed by atoms with van der Waals surface area (Å²) in [6.45, 7) is 5.62. The van der Waals surface area contributed by atoms with E-state index >= 15 is 0 Å². The average molecular weight is 279 g/mol. The van der Waals surface area contributed by atoms with Crippen LogP contribution in [0.4, 0.5) is 5.82 Å². The van der Waals surface area contributed by atoms with Crippen LogP contribution in [0, 0.1) is 0 Å². The zero-order chi connectivity index (χ0) is 14.5. The third-order valence-corrected chi connectivity index (χ3v) is 3.32. The number of nitrogens with one attached hydrogen (secondary N) is 1. The van der Waals surface area contributed by atoms with Crippen molar-refractivity contribution in [2.45, 2.75) is 26.0 Å². The van der Waals surface area contributed by atoms with Gasteiger partial charge in [0.15, 0.2) is 0 Å². The van der Waals surface area contributed by atoms with E-state index in [4.69, 9.17) is 4.74 Å². The minimum Gasteiger partial charge on any atom is -0.389 e. The van der Waals surface area contributed by atoms with E-state index < -0.39 is 12.1 Å². The van der Waals surface area contributed by atoms with E-state index in [0.717, 1.165) is 5.56 Å². The van der Waals surface area contributed by atoms with Gasteiger partial charge in [-0.2, -0.15) is 0 Å². The lowest BCUT2D eigenvalue weighted by Gasteiger charge is -2.36. The Morgan fingerprint density at radius 3 is 3.20 bits per heavy atom. The molecule has 2 heterocycles. The van der Waals surface area contributed by atoms with Gasteiger partial charge in [-0.05, 0) is 19.9 Å². The molecule has 0 radical (unpaired) electrons. The second kappa shape index (κ2) is 6.67. The van der Waals surface area contributed by atoms with Crippen LogP contribution in [0.1, 0.15) is 25.5 Å². The molecule has 2 atom stereocenters. The van der Waals surface area contributed by atoms with Gasteiger partial charge in [0.25, 0.3) is 0 Å². The quantitative estimate of drug-likeness (QED) is 0.838. The normalized spacial score (nSPS) is 20.6. The lowest BCUT2D eigenvalue weighted by Crippen LogP contribution is -2.54. The van der Waals surface area contributed by atoms with Gasteiger partial charge in [-0.1, -0.05) is 6.07 Å². The first-order chi connectivity index (χ1) is 9.65. The van der Waals surface area contributed by atoms with E-state index in [1.807, 2.05) is 17.9 Å². The number of amides is 1. The summed E-state index contributed by atoms with van der Waals surface area (Å²) in [5.74, 6) is 0.580. The van der Waals surface area contributed by atoms with Crippen molar-refractivity contribution in [3.63, 3.8) is 0 Å². The molecule has 6 heteroatoms. The molecule has 0 bridgehead atoms. The maximum atomic E-state index is 12.1. The Kier molecular flexibility index (Phi) is 4.92. The van der Waals surface area contributed by atoms with Gasteiger partial charge >= 0.3 is 0 Å². The second-order valence-electron chi connectivity index (χ2n) is 4.77. The summed E-state index contributed by atoms with van der Waals surface area (Å²) in [6, 6.07) is 3.21. The lowest BCUT2D eigenvalue weighted by molar-refractivity contribution is -0.124. The molecule has 2 rings (SSSR count). The number of anilines is 1. The summed E-state index contributed by atoms with van der Waals surface area (Å²) in [6.07, 6.45) is 1.04. The number of rotatable bonds is 4. The summed E-state index contributed by atoms with van der Waals surface area (Å²) < 4.78 is 5.41. The minimum absolute atomic E-state index is 0.0746. The number of carbonyl (C=O) groups is 1. The predicted molar refractivity (Wildman–Crippen MR) is 75.5 cm³/mol. The van der Waals surface area contributed by atoms with Crippen LogP contribution in [0.25, 0.3) is 0 Å². The fourth-order valence-corrected chi connectivity index (χ4v) is 2.34. The summed E-state index contributed by atoms with van der Waals surface area (Å²) in [7, 11) is 0. The van der Waals surface area contributed by atoms with Crippen molar-refractivity contribution < 1.29 is 14.6 Å². The van der Waals surface area contributed by atoms with Crippen molar-refractivity contribution in [2.75, 3.05) is 31.2 Å². The van der Waals surface area contributed by atoms with Gasteiger partial charge in [0.05, 0.1) is 19.3 Å². The Hall–Kier alpha value is -1.66. The average Bonchev–Trinajstić information content (AvgIpc) is 2.47. The fourth-order valence-electron chi connectivity index (χ4n) is 2.34. The summed E-state index contributed by atoms with van der Waals surface area (Å²) >= 11 is 0. The van der Waals surface area contributed by atoms with E-state index in [1.165, 1.54) is 0 Å². The van der Waals surface area contributed by atoms with E-state index in [2.05, 4.69) is 10.3 Å². The number of aromatic nitrogens is 1. The molecule has 1 aliphatic rings. The number of hydrogen-bond acceptors (Lipinski definition) is 5. The maximum Gasteiger partial charge on any atom is 0.245 e. The number of ether oxygens (including phenoxy) is 1. The molecule has 0 spiro atoms. The van der Waals surface area contributed by atoms with E-state index in [-0.39, 0.29) is 5.91 Å². The first-order valence-electron chi connectivity index (χ1n) is 6.90. The Balaban J connectivity index is 2.30. The van der Waals surface area contributed by atoms with Gasteiger partial charge in [-0.25, -0.2) is 4.98 Å². The third kappa shape index (κ3) is 3.08. The van der Waals surface area contributed by atoms with Crippen molar-refractivity contribution >= 4 is 11.7 Å². The highest BCUT2D eigenvalue weighted by Crippen LogP contribution is 2.26. The molecule has 1 fully saturated rings. The molecule has 0 aromatic carbocycles. The molecule has 110 valence electrons. The Morgan fingerprint density at radius 1 is 1.70 bits per heavy atom. The van der Waals surface area contributed by atoms with Crippen molar-refractivity contribution in [3.8, 4) is 0 Å². The molecule has 1 amide bonds. The van der Waals surface area contributed by atoms with Crippen LogP contribution in [0.2, 0.25) is 0 Å². The summed E-state index contributed by atoms with van der Waals surface area (Å²) in [5, 5.41) is 12.7. The van der Waals surface area contributed by atoms with Gasteiger partial charge in [-0.15, -0.1) is 0 Å². The molecule has 6 nitrogen and oxygen atoms in total. The van der Waals surface area contributed by atoms with Crippen molar-refractivity contribution in [1.82, 2.24) is 10.3 Å². The van der Waals surface area contributed by atoms with Gasteiger partial charge < -0.3 is 20.1 Å². The van der Waals surface area contributed by atoms with Crippen molar-refractivity contribution in [3.05, 3.63) is 23.9 Å². The number of aliphatic hydroxyl groups excluding tert-OH is 1. The zero-order valence-electron chi connectivity index (χ0n) is 11.9. The van der Waals surface area contributed by atoms with E-state index in [1.54, 1.807) is 19.2 Å². The largest absolute Gasteiger partial charge is 0.389 e. The number of carbonyl (C=O) groups excluding carboxylic acids is 1. The van der Waals surface area contributed by atoms with Crippen molar-refractivity contribution in [2.24, 2.45) is 0 Å². The fraction of sp³-hybridized carbons (Fsp3) is 0.571. The van der Waals surface area contributed by atoms with Crippen LogP contribution in [0.15, 0.2) is 18.3 Å². The van der Waals surface area contributed by atoms with Crippen LogP contribution >= 0.6 is 0 Å². The van der Waals surface area contributed by atoms with Crippen LogP contribution < -0.4 is 10.2 Å². The molecular formula is C14H21N3O3. The first-order valence-corrected chi connectivity index (χ1v) is 6.90. The molecule has 20 heavy (non-hydrogen) atoms. The highest BCUT2D eigenvalue weighted by atomic mass is 16.5. The monoisotopic (exact) mass is 279 g/mol. The molecule has 1 saturated heterocycles. The molecule has 1 aliphatic heterocycles. The van der Waals surface area contributed by atoms with Crippen molar-refractivity contribution in [1.29, 1.82) is 0 Å². The third-order valence-electron chi connectivity index (χ3n) is 3.32. The SMILES string of the molecule is CCNC(=O)C1COCCN1c1ncccc1[C@H](C)O. The molecule has 0 saturated carbocycles. The molecule has 2 N–H and O–H groups in total. The lowest BCUT2D eigenvalue weighted by atomic mass is 10.1. The highest BCUT2D eigenvalue weighted by molar-refractivity contribution is 5.85. The molecular weight excluding hydrogens is 258 g/mol. The number of morpholine rings is 1. The van der Waals surface area contributed by atoms with Gasteiger partial charge in [0.1, 0.15) is 11.9 Å². The number of pyridine rings is 1. The number of nitrogens with zero attached hydrogens (tertiary/aromatic N) is 2. The van der Waals surface area contributed by atoms with E-state index in [9.17, 15) is 9.90 Å². The van der Waals surface area contributed by atoms with E-state index in [0.29, 0.717) is 32.1 Å². The molecule has 1 aromatic heterocycles. The molecule has 1 aromatic rings. The maximum absolute atomic E-state index is 12.1.